The summed E-state index contributed by atoms with van der Waals surface area (Å²) in [5, 5.41) is 3.67. The van der Waals surface area contributed by atoms with Crippen molar-refractivity contribution in [2.75, 3.05) is 0 Å². The minimum atomic E-state index is -0.0743. The summed E-state index contributed by atoms with van der Waals surface area (Å²) in [6, 6.07) is 9.33. The Morgan fingerprint density at radius 2 is 1.94 bits per heavy atom. The lowest BCUT2D eigenvalue weighted by Gasteiger charge is -2.13. The van der Waals surface area contributed by atoms with Crippen LogP contribution < -0.4 is 5.32 Å². The van der Waals surface area contributed by atoms with Gasteiger partial charge in [0.2, 0.25) is 0 Å². The molecule has 0 unspecified atom stereocenters. The number of rotatable bonds is 1. The van der Waals surface area contributed by atoms with Crippen LogP contribution in [0.5, 0.6) is 0 Å². The lowest BCUT2D eigenvalue weighted by Crippen LogP contribution is -2.21. The van der Waals surface area contributed by atoms with E-state index in [1.54, 1.807) is 0 Å². The first-order valence-corrected chi connectivity index (χ1v) is 5.76. The van der Waals surface area contributed by atoms with Crippen molar-refractivity contribution in [3.05, 3.63) is 58.4 Å². The maximum absolute atomic E-state index is 11.8. The van der Waals surface area contributed by atoms with Crippen LogP contribution >= 0.6 is 11.6 Å². The summed E-state index contributed by atoms with van der Waals surface area (Å²) in [4.78, 5) is 11.8. The number of aryl methyl sites for hydroxylation is 1. The van der Waals surface area contributed by atoms with Crippen molar-refractivity contribution in [2.24, 2.45) is 7.05 Å². The highest BCUT2D eigenvalue weighted by Crippen LogP contribution is 2.31. The second kappa shape index (κ2) is 3.64. The monoisotopic (exact) mass is 246 g/mol. The van der Waals surface area contributed by atoms with Gasteiger partial charge in [0, 0.05) is 18.3 Å². The number of fused-ring (bicyclic) bond motifs is 1. The second-order valence-electron chi connectivity index (χ2n) is 4.18. The Balaban J connectivity index is 2.09. The van der Waals surface area contributed by atoms with Crippen molar-refractivity contribution >= 4 is 17.5 Å². The van der Waals surface area contributed by atoms with E-state index in [-0.39, 0.29) is 11.9 Å². The number of nitrogens with zero attached hydrogens (tertiary/aromatic N) is 1. The number of hydrogen-bond acceptors (Lipinski definition) is 1. The zero-order valence-electron chi connectivity index (χ0n) is 9.27. The summed E-state index contributed by atoms with van der Waals surface area (Å²) in [5.41, 5.74) is 2.81. The minimum absolute atomic E-state index is 0.0134. The molecule has 2 heterocycles. The van der Waals surface area contributed by atoms with Crippen LogP contribution in [0.3, 0.4) is 0 Å². The van der Waals surface area contributed by atoms with E-state index in [1.807, 2.05) is 48.1 Å². The Bertz CT molecular complexity index is 586. The van der Waals surface area contributed by atoms with Gasteiger partial charge in [0.15, 0.2) is 0 Å². The van der Waals surface area contributed by atoms with Gasteiger partial charge in [0.25, 0.3) is 5.91 Å². The van der Waals surface area contributed by atoms with Crippen molar-refractivity contribution in [1.29, 1.82) is 0 Å². The third-order valence-corrected chi connectivity index (χ3v) is 3.37. The number of hydrogen-bond donors (Lipinski definition) is 1. The van der Waals surface area contributed by atoms with Gasteiger partial charge in [-0.1, -0.05) is 23.7 Å². The first-order valence-electron chi connectivity index (χ1n) is 5.38. The predicted octanol–water partition coefficient (Wildman–Crippen LogP) is 2.51. The Hall–Kier alpha value is -1.74. The Morgan fingerprint density at radius 1 is 1.24 bits per heavy atom. The Morgan fingerprint density at radius 3 is 2.65 bits per heavy atom. The molecule has 1 N–H and O–H groups in total. The third-order valence-electron chi connectivity index (χ3n) is 3.12. The molecule has 1 atom stereocenters. The third kappa shape index (κ3) is 1.54. The fraction of sp³-hybridized carbons (Fsp3) is 0.154. The first kappa shape index (κ1) is 10.4. The van der Waals surface area contributed by atoms with Crippen LogP contribution in [0.1, 0.15) is 27.7 Å². The second-order valence-corrected chi connectivity index (χ2v) is 4.62. The smallest absolute Gasteiger partial charge is 0.254 e. The lowest BCUT2D eigenvalue weighted by atomic mass is 10.0. The molecule has 0 bridgehead atoms. The summed E-state index contributed by atoms with van der Waals surface area (Å²) >= 11 is 5.86. The maximum Gasteiger partial charge on any atom is 0.254 e. The highest BCUT2D eigenvalue weighted by molar-refractivity contribution is 6.30. The van der Waals surface area contributed by atoms with Crippen molar-refractivity contribution < 1.29 is 4.79 Å². The molecule has 0 saturated heterocycles. The van der Waals surface area contributed by atoms with Gasteiger partial charge in [0.05, 0.1) is 17.3 Å². The van der Waals surface area contributed by atoms with Crippen molar-refractivity contribution in [3.8, 4) is 0 Å². The number of carbonyl (C=O) groups excluding carboxylic acids is 1. The Kier molecular flexibility index (Phi) is 2.23. The fourth-order valence-electron chi connectivity index (χ4n) is 2.27. The largest absolute Gasteiger partial charge is 0.352 e. The van der Waals surface area contributed by atoms with E-state index in [1.165, 1.54) is 0 Å². The van der Waals surface area contributed by atoms with Gasteiger partial charge in [-0.15, -0.1) is 0 Å². The van der Waals surface area contributed by atoms with E-state index in [4.69, 9.17) is 11.6 Å². The summed E-state index contributed by atoms with van der Waals surface area (Å²) in [5.74, 6) is -0.0134. The van der Waals surface area contributed by atoms with Crippen molar-refractivity contribution in [2.45, 2.75) is 6.04 Å². The number of aromatic nitrogens is 1. The molecular formula is C13H11ClN2O. The predicted molar refractivity (Wildman–Crippen MR) is 66.2 cm³/mol. The molecule has 86 valence electrons. The lowest BCUT2D eigenvalue weighted by molar-refractivity contribution is 0.0960. The van der Waals surface area contributed by atoms with Crippen molar-refractivity contribution in [1.82, 2.24) is 9.88 Å². The number of nitrogens with one attached hydrogen (secondary N) is 1. The van der Waals surface area contributed by atoms with Gasteiger partial charge in [-0.2, -0.15) is 0 Å². The quantitative estimate of drug-likeness (QED) is 0.824. The molecule has 2 aromatic rings. The van der Waals surface area contributed by atoms with Crippen LogP contribution in [-0.2, 0) is 7.05 Å². The molecule has 0 aliphatic carbocycles. The molecule has 0 spiro atoms. The van der Waals surface area contributed by atoms with Crippen LogP contribution in [0.25, 0.3) is 0 Å². The van der Waals surface area contributed by atoms with E-state index in [0.717, 1.165) is 16.8 Å². The zero-order chi connectivity index (χ0) is 12.0. The van der Waals surface area contributed by atoms with E-state index < -0.39 is 0 Å². The molecule has 4 heteroatoms. The highest BCUT2D eigenvalue weighted by atomic mass is 35.5. The molecule has 1 aliphatic heterocycles. The first-order chi connectivity index (χ1) is 8.16. The molecule has 3 nitrogen and oxygen atoms in total. The molecule has 1 aromatic carbocycles. The SMILES string of the molecule is Cn1ccc2c1[C@H](c1ccc(Cl)cc1)NC2=O. The summed E-state index contributed by atoms with van der Waals surface area (Å²) < 4.78 is 1.98. The van der Waals surface area contributed by atoms with Gasteiger partial charge in [-0.05, 0) is 23.8 Å². The molecule has 3 rings (SSSR count). The number of amides is 1. The molecule has 0 fully saturated rings. The van der Waals surface area contributed by atoms with Crippen LogP contribution in [0.4, 0.5) is 0 Å². The zero-order valence-corrected chi connectivity index (χ0v) is 10.0. The number of benzene rings is 1. The normalized spacial score (nSPS) is 18.0. The van der Waals surface area contributed by atoms with Crippen LogP contribution in [0.2, 0.25) is 5.02 Å². The van der Waals surface area contributed by atoms with E-state index in [2.05, 4.69) is 5.32 Å². The van der Waals surface area contributed by atoms with Gasteiger partial charge in [-0.25, -0.2) is 0 Å². The number of carbonyl (C=O) groups is 1. The maximum atomic E-state index is 11.8. The molecular weight excluding hydrogens is 236 g/mol. The van der Waals surface area contributed by atoms with Crippen LogP contribution in [-0.4, -0.2) is 10.5 Å². The summed E-state index contributed by atoms with van der Waals surface area (Å²) in [6.45, 7) is 0. The Labute approximate surface area is 104 Å². The molecule has 0 saturated carbocycles. The van der Waals surface area contributed by atoms with Crippen molar-refractivity contribution in [3.63, 3.8) is 0 Å². The molecule has 0 radical (unpaired) electrons. The topological polar surface area (TPSA) is 34.0 Å². The molecule has 17 heavy (non-hydrogen) atoms. The average Bonchev–Trinajstić information content (AvgIpc) is 2.83. The van der Waals surface area contributed by atoms with E-state index in [9.17, 15) is 4.79 Å². The standard InChI is InChI=1S/C13H11ClN2O/c1-16-7-6-10-12(16)11(15-13(10)17)8-2-4-9(14)5-3-8/h2-7,11H,1H3,(H,15,17)/t11-/m0/s1. The van der Waals surface area contributed by atoms with E-state index >= 15 is 0 Å². The minimum Gasteiger partial charge on any atom is -0.352 e. The number of halogens is 1. The van der Waals surface area contributed by atoms with Gasteiger partial charge in [-0.3, -0.25) is 4.79 Å². The molecule has 1 aromatic heterocycles. The van der Waals surface area contributed by atoms with Gasteiger partial charge in [0.1, 0.15) is 0 Å². The van der Waals surface area contributed by atoms with Crippen LogP contribution in [0, 0.1) is 0 Å². The molecule has 1 amide bonds. The van der Waals surface area contributed by atoms with Gasteiger partial charge < -0.3 is 9.88 Å². The molecule has 1 aliphatic rings. The van der Waals surface area contributed by atoms with E-state index in [0.29, 0.717) is 5.02 Å². The van der Waals surface area contributed by atoms with Gasteiger partial charge >= 0.3 is 0 Å². The summed E-state index contributed by atoms with van der Waals surface area (Å²) in [6.07, 6.45) is 1.91. The van der Waals surface area contributed by atoms with Crippen LogP contribution in [0.15, 0.2) is 36.5 Å². The summed E-state index contributed by atoms with van der Waals surface area (Å²) in [7, 11) is 1.95. The fourth-order valence-corrected chi connectivity index (χ4v) is 2.39. The highest BCUT2D eigenvalue weighted by Gasteiger charge is 2.31. The average molecular weight is 247 g/mol.